The lowest BCUT2D eigenvalue weighted by molar-refractivity contribution is 0.294. The van der Waals surface area contributed by atoms with Crippen LogP contribution >= 0.6 is 47.0 Å². The Morgan fingerprint density at radius 3 is 1.30 bits per heavy atom. The Morgan fingerprint density at radius 2 is 0.963 bits per heavy atom. The molecule has 2 nitrogen and oxygen atoms in total. The first-order valence-electron chi connectivity index (χ1n) is 8.69. The third-order valence-corrected chi connectivity index (χ3v) is 10.2. The van der Waals surface area contributed by atoms with Gasteiger partial charge in [-0.3, -0.25) is 0 Å². The van der Waals surface area contributed by atoms with E-state index in [1.165, 1.54) is 10.4 Å². The molecule has 140 valence electrons. The minimum absolute atomic E-state index is 0.912. The van der Waals surface area contributed by atoms with E-state index < -0.39 is 8.56 Å². The van der Waals surface area contributed by atoms with Crippen molar-refractivity contribution in [2.75, 3.05) is 23.0 Å². The van der Waals surface area contributed by atoms with Gasteiger partial charge in [0.25, 0.3) is 0 Å². The average molecular weight is 449 g/mol. The summed E-state index contributed by atoms with van der Waals surface area (Å²) in [6.07, 6.45) is 17.3. The number of hydrogen-bond donors (Lipinski definition) is 0. The number of allylic oxidation sites excluding steroid dienone is 6. The lowest BCUT2D eigenvalue weighted by Crippen LogP contribution is -2.47. The zero-order valence-electron chi connectivity index (χ0n) is 14.7. The highest BCUT2D eigenvalue weighted by molar-refractivity contribution is 8.03. The van der Waals surface area contributed by atoms with Crippen molar-refractivity contribution in [1.82, 2.24) is 0 Å². The Balaban J connectivity index is 1.78. The van der Waals surface area contributed by atoms with Crippen molar-refractivity contribution in [2.24, 2.45) is 0 Å². The van der Waals surface area contributed by atoms with Gasteiger partial charge in [-0.05, 0) is 58.1 Å². The second kappa shape index (κ2) is 9.56. The van der Waals surface area contributed by atoms with Gasteiger partial charge in [-0.25, -0.2) is 0 Å². The van der Waals surface area contributed by atoms with Gasteiger partial charge in [-0.2, -0.15) is 0 Å². The molecule has 7 heteroatoms. The fourth-order valence-electron chi connectivity index (χ4n) is 2.90. The van der Waals surface area contributed by atoms with Gasteiger partial charge in [-0.1, -0.05) is 12.2 Å². The van der Waals surface area contributed by atoms with Gasteiger partial charge in [0.15, 0.2) is 0 Å². The van der Waals surface area contributed by atoms with Crippen LogP contribution in [0.5, 0.6) is 0 Å². The Morgan fingerprint density at radius 1 is 0.556 bits per heavy atom. The second-order valence-corrected chi connectivity index (χ2v) is 12.4. The molecule has 0 aromatic rings. The lowest BCUT2D eigenvalue weighted by Gasteiger charge is -2.36. The monoisotopic (exact) mass is 448 g/mol. The van der Waals surface area contributed by atoms with Crippen molar-refractivity contribution in [2.45, 2.75) is 0 Å². The minimum Gasteiger partial charge on any atom is -0.506 e. The van der Waals surface area contributed by atoms with Crippen LogP contribution in [-0.2, 0) is 8.85 Å². The van der Waals surface area contributed by atoms with E-state index in [1.807, 2.05) is 0 Å². The molecule has 4 rings (SSSR count). The van der Waals surface area contributed by atoms with Crippen molar-refractivity contribution in [3.05, 3.63) is 92.2 Å². The van der Waals surface area contributed by atoms with Crippen LogP contribution in [0.25, 0.3) is 0 Å². The minimum atomic E-state index is -2.90. The topological polar surface area (TPSA) is 18.5 Å². The first-order valence-corrected chi connectivity index (χ1v) is 14.7. The lowest BCUT2D eigenvalue weighted by atomic mass is 10.4. The molecule has 4 aliphatic heterocycles. The van der Waals surface area contributed by atoms with E-state index in [-0.39, 0.29) is 0 Å². The summed E-state index contributed by atoms with van der Waals surface area (Å²) >= 11 is 7.16. The molecule has 0 saturated carbocycles. The van der Waals surface area contributed by atoms with Crippen molar-refractivity contribution in [3.63, 3.8) is 0 Å². The molecule has 27 heavy (non-hydrogen) atoms. The number of rotatable bonds is 6. The average Bonchev–Trinajstić information content (AvgIpc) is 2.76. The summed E-state index contributed by atoms with van der Waals surface area (Å²) in [5.74, 6) is 5.60. The van der Waals surface area contributed by atoms with Gasteiger partial charge in [0.2, 0.25) is 0 Å². The van der Waals surface area contributed by atoms with Gasteiger partial charge >= 0.3 is 8.56 Å². The third-order valence-electron chi connectivity index (χ3n) is 4.19. The Labute approximate surface area is 178 Å². The SMILES string of the molecule is C1=CC(O[Si](OC2=CCSC=C2)(C2=CCSC=C2)C2=CCSC=C2)=CCS1. The maximum atomic E-state index is 6.80. The molecule has 0 N–H and O–H groups in total. The second-order valence-electron chi connectivity index (χ2n) is 5.90. The molecule has 4 aliphatic rings. The molecular weight excluding hydrogens is 429 g/mol. The summed E-state index contributed by atoms with van der Waals surface area (Å²) in [7, 11) is -2.90. The zero-order chi connectivity index (χ0) is 18.4. The molecular formula is C20H20O2S4Si. The molecule has 0 aliphatic carbocycles. The molecule has 0 spiro atoms. The maximum Gasteiger partial charge on any atom is 0.530 e. The number of thioether (sulfide) groups is 4. The molecule has 0 fully saturated rings. The van der Waals surface area contributed by atoms with Crippen molar-refractivity contribution in [1.29, 1.82) is 0 Å². The molecule has 0 saturated heterocycles. The summed E-state index contributed by atoms with van der Waals surface area (Å²) in [6.45, 7) is 0. The molecule has 0 amide bonds. The largest absolute Gasteiger partial charge is 0.530 e. The molecule has 4 heterocycles. The van der Waals surface area contributed by atoms with Crippen LogP contribution in [-0.4, -0.2) is 31.6 Å². The molecule has 0 aromatic heterocycles. The van der Waals surface area contributed by atoms with Gasteiger partial charge in [-0.15, -0.1) is 47.0 Å². The zero-order valence-corrected chi connectivity index (χ0v) is 19.0. The van der Waals surface area contributed by atoms with Crippen LogP contribution in [0.1, 0.15) is 0 Å². The molecule has 0 radical (unpaired) electrons. The quantitative estimate of drug-likeness (QED) is 0.447. The van der Waals surface area contributed by atoms with Gasteiger partial charge in [0, 0.05) is 33.4 Å². The van der Waals surface area contributed by atoms with Crippen molar-refractivity contribution >= 4 is 55.6 Å². The van der Waals surface area contributed by atoms with E-state index in [4.69, 9.17) is 8.85 Å². The highest BCUT2D eigenvalue weighted by Crippen LogP contribution is 2.38. The summed E-state index contributed by atoms with van der Waals surface area (Å²) in [4.78, 5) is 0. The number of hydrogen-bond acceptors (Lipinski definition) is 6. The molecule has 0 unspecified atom stereocenters. The fraction of sp³-hybridized carbons (Fsp3) is 0.200. The van der Waals surface area contributed by atoms with Crippen LogP contribution in [0.2, 0.25) is 0 Å². The third kappa shape index (κ3) is 4.77. The van der Waals surface area contributed by atoms with E-state index >= 15 is 0 Å². The first kappa shape index (κ1) is 19.5. The summed E-state index contributed by atoms with van der Waals surface area (Å²) in [6, 6.07) is 0. The summed E-state index contributed by atoms with van der Waals surface area (Å²) in [5, 5.41) is 10.9. The van der Waals surface area contributed by atoms with E-state index in [1.54, 1.807) is 47.0 Å². The first-order chi connectivity index (χ1) is 13.4. The smallest absolute Gasteiger partial charge is 0.506 e. The summed E-state index contributed by atoms with van der Waals surface area (Å²) < 4.78 is 13.6. The highest BCUT2D eigenvalue weighted by atomic mass is 32.2. The van der Waals surface area contributed by atoms with Crippen LogP contribution in [0.15, 0.2) is 92.2 Å². The van der Waals surface area contributed by atoms with E-state index in [2.05, 4.69) is 70.2 Å². The highest BCUT2D eigenvalue weighted by Gasteiger charge is 2.50. The fourth-order valence-corrected chi connectivity index (χ4v) is 9.06. The van der Waals surface area contributed by atoms with Crippen LogP contribution in [0, 0.1) is 0 Å². The van der Waals surface area contributed by atoms with Crippen LogP contribution in [0.3, 0.4) is 0 Å². The van der Waals surface area contributed by atoms with Crippen LogP contribution < -0.4 is 0 Å². The predicted molar refractivity (Wildman–Crippen MR) is 127 cm³/mol. The Kier molecular flexibility index (Phi) is 6.89. The molecule has 0 aromatic carbocycles. The van der Waals surface area contributed by atoms with E-state index in [9.17, 15) is 0 Å². The van der Waals surface area contributed by atoms with Gasteiger partial charge in [0.05, 0.1) is 0 Å². The molecule has 0 atom stereocenters. The summed E-state index contributed by atoms with van der Waals surface area (Å²) in [5.41, 5.74) is 0. The van der Waals surface area contributed by atoms with Gasteiger partial charge in [0.1, 0.15) is 11.5 Å². The van der Waals surface area contributed by atoms with E-state index in [0.29, 0.717) is 0 Å². The Bertz CT molecular complexity index is 750. The standard InChI is InChI=1S/C20H20O2S4Si/c1-9-23-10-2-17(1)21-27(19-5-13-25-14-6-19,20-7-15-26-16-8-20)22-18-3-11-24-12-4-18/h1-9,11,13,15H,10,12,14,16H2. The Hall–Kier alpha value is -0.863. The predicted octanol–water partition coefficient (Wildman–Crippen LogP) is 6.20. The van der Waals surface area contributed by atoms with Gasteiger partial charge < -0.3 is 8.85 Å². The maximum absolute atomic E-state index is 6.80. The van der Waals surface area contributed by atoms with E-state index in [0.717, 1.165) is 34.5 Å². The van der Waals surface area contributed by atoms with Crippen molar-refractivity contribution in [3.8, 4) is 0 Å². The molecule has 0 bridgehead atoms. The normalized spacial score (nSPS) is 21.9. The van der Waals surface area contributed by atoms with Crippen LogP contribution in [0.4, 0.5) is 0 Å². The van der Waals surface area contributed by atoms with Crippen molar-refractivity contribution < 1.29 is 8.85 Å².